The lowest BCUT2D eigenvalue weighted by Crippen LogP contribution is -2.29. The molecule has 0 saturated heterocycles. The van der Waals surface area contributed by atoms with Crippen LogP contribution in [0, 0.1) is 6.92 Å². The van der Waals surface area contributed by atoms with Crippen LogP contribution in [0.3, 0.4) is 0 Å². The number of aromatic nitrogens is 1. The van der Waals surface area contributed by atoms with E-state index in [1.807, 2.05) is 0 Å². The lowest BCUT2D eigenvalue weighted by molar-refractivity contribution is -0.137. The van der Waals surface area contributed by atoms with Crippen molar-refractivity contribution in [3.63, 3.8) is 0 Å². The van der Waals surface area contributed by atoms with E-state index in [1.54, 1.807) is 31.2 Å². The Hall–Kier alpha value is -2.84. The maximum Gasteiger partial charge on any atom is 0.416 e. The summed E-state index contributed by atoms with van der Waals surface area (Å²) in [5.41, 5.74) is 0.362. The number of nitrogens with zero attached hydrogens (tertiary/aromatic N) is 1. The number of carbonyl (C=O) groups is 1. The average Bonchev–Trinajstić information content (AvgIpc) is 3.07. The molecule has 1 amide bonds. The molecule has 1 aromatic heterocycles. The summed E-state index contributed by atoms with van der Waals surface area (Å²) in [7, 11) is 0. The van der Waals surface area contributed by atoms with Gasteiger partial charge in [0.1, 0.15) is 17.0 Å². The van der Waals surface area contributed by atoms with E-state index in [0.717, 1.165) is 12.1 Å². The number of aryl methyl sites for hydroxylation is 1. The summed E-state index contributed by atoms with van der Waals surface area (Å²) >= 11 is 6.16. The number of alkyl halides is 3. The molecule has 0 saturated carbocycles. The predicted octanol–water partition coefficient (Wildman–Crippen LogP) is 4.79. The monoisotopic (exact) mass is 424 g/mol. The number of aliphatic hydroxyl groups is 1. The summed E-state index contributed by atoms with van der Waals surface area (Å²) in [5, 5.41) is 17.0. The number of nitrogens with one attached hydrogen (secondary N) is 1. The molecule has 0 aliphatic heterocycles. The fraction of sp³-hybridized carbons (Fsp3) is 0.200. The molecule has 3 rings (SSSR count). The molecular weight excluding hydrogens is 409 g/mol. The van der Waals surface area contributed by atoms with Crippen molar-refractivity contribution in [2.45, 2.75) is 19.2 Å². The van der Waals surface area contributed by atoms with Gasteiger partial charge in [-0.3, -0.25) is 4.79 Å². The second-order valence-electron chi connectivity index (χ2n) is 6.29. The lowest BCUT2D eigenvalue weighted by Gasteiger charge is -2.14. The van der Waals surface area contributed by atoms with E-state index in [-0.39, 0.29) is 29.1 Å². The Kier molecular flexibility index (Phi) is 5.95. The smallest absolute Gasteiger partial charge is 0.387 e. The normalized spacial score (nSPS) is 12.6. The van der Waals surface area contributed by atoms with Gasteiger partial charge in [0.2, 0.25) is 0 Å². The van der Waals surface area contributed by atoms with Crippen LogP contribution in [0.5, 0.6) is 0 Å². The van der Waals surface area contributed by atoms with Crippen LogP contribution in [0.2, 0.25) is 5.02 Å². The summed E-state index contributed by atoms with van der Waals surface area (Å²) in [6.45, 7) is 1.35. The molecule has 0 aliphatic carbocycles. The van der Waals surface area contributed by atoms with Gasteiger partial charge in [-0.15, -0.1) is 0 Å². The van der Waals surface area contributed by atoms with Gasteiger partial charge >= 0.3 is 6.18 Å². The van der Waals surface area contributed by atoms with Crippen molar-refractivity contribution in [3.8, 4) is 11.3 Å². The first-order chi connectivity index (χ1) is 13.7. The van der Waals surface area contributed by atoms with Gasteiger partial charge in [-0.2, -0.15) is 13.2 Å². The average molecular weight is 425 g/mol. The summed E-state index contributed by atoms with van der Waals surface area (Å²) in [4.78, 5) is 12.6. The second kappa shape index (κ2) is 8.26. The van der Waals surface area contributed by atoms with Crippen molar-refractivity contribution in [2.24, 2.45) is 0 Å². The Morgan fingerprint density at radius 1 is 1.21 bits per heavy atom. The first-order valence-corrected chi connectivity index (χ1v) is 8.91. The molecule has 0 fully saturated rings. The van der Waals surface area contributed by atoms with E-state index in [4.69, 9.17) is 16.1 Å². The van der Waals surface area contributed by atoms with E-state index >= 15 is 0 Å². The molecule has 1 atom stereocenters. The van der Waals surface area contributed by atoms with Gasteiger partial charge < -0.3 is 14.9 Å². The van der Waals surface area contributed by atoms with E-state index in [0.29, 0.717) is 10.6 Å². The van der Waals surface area contributed by atoms with Crippen molar-refractivity contribution in [3.05, 3.63) is 76.0 Å². The third-order valence-electron chi connectivity index (χ3n) is 4.30. The van der Waals surface area contributed by atoms with Gasteiger partial charge in [0.25, 0.3) is 5.91 Å². The van der Waals surface area contributed by atoms with E-state index in [2.05, 4.69) is 10.5 Å². The predicted molar refractivity (Wildman–Crippen MR) is 100 cm³/mol. The SMILES string of the molecule is Cc1onc(-c2ccccc2Cl)c1C(=O)NCC(O)c1ccc(C(F)(F)F)cc1. The highest BCUT2D eigenvalue weighted by molar-refractivity contribution is 6.33. The first kappa shape index (κ1) is 20.9. The highest BCUT2D eigenvalue weighted by atomic mass is 35.5. The van der Waals surface area contributed by atoms with Gasteiger partial charge in [-0.1, -0.05) is 47.1 Å². The molecule has 1 unspecified atom stereocenters. The van der Waals surface area contributed by atoms with Crippen molar-refractivity contribution in [2.75, 3.05) is 6.54 Å². The molecule has 0 radical (unpaired) electrons. The number of amides is 1. The zero-order chi connectivity index (χ0) is 21.2. The molecule has 0 bridgehead atoms. The zero-order valence-corrected chi connectivity index (χ0v) is 15.9. The van der Waals surface area contributed by atoms with E-state index in [1.165, 1.54) is 12.1 Å². The number of benzene rings is 2. The third kappa shape index (κ3) is 4.60. The number of hydrogen-bond donors (Lipinski definition) is 2. The third-order valence-corrected chi connectivity index (χ3v) is 4.63. The lowest BCUT2D eigenvalue weighted by atomic mass is 10.0. The number of carbonyl (C=O) groups excluding carboxylic acids is 1. The number of aliphatic hydroxyl groups excluding tert-OH is 1. The maximum atomic E-state index is 12.6. The van der Waals surface area contributed by atoms with Crippen molar-refractivity contribution >= 4 is 17.5 Å². The molecule has 29 heavy (non-hydrogen) atoms. The molecule has 0 spiro atoms. The maximum absolute atomic E-state index is 12.6. The fourth-order valence-corrected chi connectivity index (χ4v) is 2.99. The molecule has 2 N–H and O–H groups in total. The summed E-state index contributed by atoms with van der Waals surface area (Å²) in [6, 6.07) is 10.9. The van der Waals surface area contributed by atoms with Crippen LogP contribution in [-0.4, -0.2) is 22.7 Å². The topological polar surface area (TPSA) is 75.4 Å². The van der Waals surface area contributed by atoms with Crippen LogP contribution < -0.4 is 5.32 Å². The number of rotatable bonds is 5. The van der Waals surface area contributed by atoms with Crippen LogP contribution >= 0.6 is 11.6 Å². The minimum absolute atomic E-state index is 0.165. The van der Waals surface area contributed by atoms with Crippen molar-refractivity contribution in [1.29, 1.82) is 0 Å². The van der Waals surface area contributed by atoms with Gasteiger partial charge in [0, 0.05) is 12.1 Å². The van der Waals surface area contributed by atoms with Gasteiger partial charge in [0.15, 0.2) is 0 Å². The zero-order valence-electron chi connectivity index (χ0n) is 15.1. The highest BCUT2D eigenvalue weighted by Gasteiger charge is 2.30. The molecule has 5 nitrogen and oxygen atoms in total. The Balaban J connectivity index is 1.73. The number of hydrogen-bond acceptors (Lipinski definition) is 4. The summed E-state index contributed by atoms with van der Waals surface area (Å²) in [5.74, 6) is -0.286. The van der Waals surface area contributed by atoms with Crippen LogP contribution in [-0.2, 0) is 6.18 Å². The first-order valence-electron chi connectivity index (χ1n) is 8.53. The fourth-order valence-electron chi connectivity index (χ4n) is 2.77. The Morgan fingerprint density at radius 2 is 1.86 bits per heavy atom. The summed E-state index contributed by atoms with van der Waals surface area (Å²) in [6.07, 6.45) is -5.65. The minimum atomic E-state index is -4.46. The summed E-state index contributed by atoms with van der Waals surface area (Å²) < 4.78 is 43.0. The molecule has 2 aromatic carbocycles. The highest BCUT2D eigenvalue weighted by Crippen LogP contribution is 2.31. The van der Waals surface area contributed by atoms with Crippen molar-refractivity contribution in [1.82, 2.24) is 10.5 Å². The largest absolute Gasteiger partial charge is 0.416 e. The standard InChI is InChI=1S/C20H16ClF3N2O3/c1-11-17(18(26-29-11)14-4-2-3-5-15(14)21)19(28)25-10-16(27)12-6-8-13(9-7-12)20(22,23)24/h2-9,16,27H,10H2,1H3,(H,25,28). The molecular formula is C20H16ClF3N2O3. The van der Waals surface area contributed by atoms with Crippen LogP contribution in [0.4, 0.5) is 13.2 Å². The molecule has 1 heterocycles. The van der Waals surface area contributed by atoms with E-state index in [9.17, 15) is 23.1 Å². The second-order valence-corrected chi connectivity index (χ2v) is 6.70. The Bertz CT molecular complexity index is 1020. The van der Waals surface area contributed by atoms with Crippen LogP contribution in [0.25, 0.3) is 11.3 Å². The quantitative estimate of drug-likeness (QED) is 0.617. The van der Waals surface area contributed by atoms with Crippen LogP contribution in [0.15, 0.2) is 53.1 Å². The van der Waals surface area contributed by atoms with Crippen molar-refractivity contribution < 1.29 is 27.6 Å². The van der Waals surface area contributed by atoms with Gasteiger partial charge in [0.05, 0.1) is 16.7 Å². The molecule has 3 aromatic rings. The van der Waals surface area contributed by atoms with Gasteiger partial charge in [-0.05, 0) is 30.7 Å². The van der Waals surface area contributed by atoms with Gasteiger partial charge in [-0.25, -0.2) is 0 Å². The Labute approximate surface area is 169 Å². The molecule has 9 heteroatoms. The molecule has 152 valence electrons. The van der Waals surface area contributed by atoms with E-state index < -0.39 is 23.8 Å². The number of halogens is 4. The van der Waals surface area contributed by atoms with Crippen LogP contribution in [0.1, 0.15) is 33.3 Å². The Morgan fingerprint density at radius 3 is 2.48 bits per heavy atom. The molecule has 0 aliphatic rings. The minimum Gasteiger partial charge on any atom is -0.387 e.